The highest BCUT2D eigenvalue weighted by Gasteiger charge is 2.10. The molecule has 4 heteroatoms. The van der Waals surface area contributed by atoms with Crippen molar-refractivity contribution < 1.29 is 0 Å². The SMILES string of the molecule is CCc1nc(Cl)c2cccc(CNC)n12. The maximum Gasteiger partial charge on any atom is 0.155 e. The van der Waals surface area contributed by atoms with Gasteiger partial charge in [-0.05, 0) is 19.2 Å². The van der Waals surface area contributed by atoms with E-state index in [9.17, 15) is 0 Å². The van der Waals surface area contributed by atoms with Crippen molar-refractivity contribution in [1.29, 1.82) is 0 Å². The van der Waals surface area contributed by atoms with Gasteiger partial charge in [0.25, 0.3) is 0 Å². The first kappa shape index (κ1) is 10.5. The summed E-state index contributed by atoms with van der Waals surface area (Å²) in [5.74, 6) is 1.01. The Morgan fingerprint density at radius 3 is 2.93 bits per heavy atom. The van der Waals surface area contributed by atoms with Crippen LogP contribution in [0.2, 0.25) is 5.15 Å². The minimum absolute atomic E-state index is 0.588. The second kappa shape index (κ2) is 4.21. The van der Waals surface area contributed by atoms with Crippen LogP contribution in [-0.4, -0.2) is 16.4 Å². The molecule has 2 heterocycles. The van der Waals surface area contributed by atoms with Crippen LogP contribution in [0.1, 0.15) is 18.4 Å². The lowest BCUT2D eigenvalue weighted by Crippen LogP contribution is -2.10. The third kappa shape index (κ3) is 1.73. The molecule has 2 rings (SSSR count). The Balaban J connectivity index is 2.70. The van der Waals surface area contributed by atoms with Crippen molar-refractivity contribution >= 4 is 17.1 Å². The number of pyridine rings is 1. The zero-order chi connectivity index (χ0) is 10.8. The van der Waals surface area contributed by atoms with Gasteiger partial charge < -0.3 is 5.32 Å². The fourth-order valence-electron chi connectivity index (χ4n) is 1.80. The molecule has 3 nitrogen and oxygen atoms in total. The third-order valence-corrected chi connectivity index (χ3v) is 2.72. The molecule has 1 N–H and O–H groups in total. The first-order valence-electron chi connectivity index (χ1n) is 5.07. The van der Waals surface area contributed by atoms with Crippen molar-refractivity contribution in [2.75, 3.05) is 7.05 Å². The fraction of sp³-hybridized carbons (Fsp3) is 0.364. The van der Waals surface area contributed by atoms with Crippen molar-refractivity contribution in [3.63, 3.8) is 0 Å². The minimum Gasteiger partial charge on any atom is -0.314 e. The summed E-state index contributed by atoms with van der Waals surface area (Å²) in [4.78, 5) is 4.35. The van der Waals surface area contributed by atoms with Crippen molar-refractivity contribution in [3.8, 4) is 0 Å². The summed E-state index contributed by atoms with van der Waals surface area (Å²) in [6.45, 7) is 2.90. The topological polar surface area (TPSA) is 29.3 Å². The van der Waals surface area contributed by atoms with Gasteiger partial charge in [0.15, 0.2) is 5.15 Å². The molecule has 0 aliphatic carbocycles. The number of aromatic nitrogens is 2. The number of nitrogens with zero attached hydrogens (tertiary/aromatic N) is 2. The van der Waals surface area contributed by atoms with Crippen LogP contribution in [0.15, 0.2) is 18.2 Å². The first-order chi connectivity index (χ1) is 7.27. The van der Waals surface area contributed by atoms with Gasteiger partial charge in [0.05, 0.1) is 5.52 Å². The Bertz CT molecular complexity index is 476. The van der Waals surface area contributed by atoms with Crippen LogP contribution >= 0.6 is 11.6 Å². The molecule has 80 valence electrons. The van der Waals surface area contributed by atoms with Crippen molar-refractivity contribution in [2.45, 2.75) is 19.9 Å². The number of nitrogens with one attached hydrogen (secondary N) is 1. The number of aryl methyl sites for hydroxylation is 1. The molecule has 0 unspecified atom stereocenters. The maximum atomic E-state index is 6.08. The molecule has 15 heavy (non-hydrogen) atoms. The molecule has 0 atom stereocenters. The summed E-state index contributed by atoms with van der Waals surface area (Å²) < 4.78 is 2.12. The fourth-order valence-corrected chi connectivity index (χ4v) is 2.04. The van der Waals surface area contributed by atoms with E-state index in [1.165, 1.54) is 5.69 Å². The summed E-state index contributed by atoms with van der Waals surface area (Å²) in [5.41, 5.74) is 2.17. The van der Waals surface area contributed by atoms with E-state index in [1.54, 1.807) is 0 Å². The van der Waals surface area contributed by atoms with E-state index in [4.69, 9.17) is 11.6 Å². The van der Waals surface area contributed by atoms with E-state index in [0.717, 1.165) is 24.3 Å². The monoisotopic (exact) mass is 223 g/mol. The minimum atomic E-state index is 0.588. The summed E-state index contributed by atoms with van der Waals surface area (Å²) in [7, 11) is 1.93. The van der Waals surface area contributed by atoms with Gasteiger partial charge in [-0.2, -0.15) is 0 Å². The van der Waals surface area contributed by atoms with Crippen molar-refractivity contribution in [2.24, 2.45) is 0 Å². The van der Waals surface area contributed by atoms with Gasteiger partial charge in [-0.3, -0.25) is 4.40 Å². The summed E-state index contributed by atoms with van der Waals surface area (Å²) in [6.07, 6.45) is 0.884. The zero-order valence-electron chi connectivity index (χ0n) is 8.92. The molecule has 0 saturated heterocycles. The van der Waals surface area contributed by atoms with Gasteiger partial charge in [-0.1, -0.05) is 24.6 Å². The molecule has 0 saturated carbocycles. The van der Waals surface area contributed by atoms with Gasteiger partial charge in [-0.15, -0.1) is 0 Å². The Kier molecular flexibility index (Phi) is 2.93. The van der Waals surface area contributed by atoms with Crippen molar-refractivity contribution in [3.05, 3.63) is 34.9 Å². The van der Waals surface area contributed by atoms with Crippen LogP contribution in [0, 0.1) is 0 Å². The molecule has 2 aromatic rings. The highest BCUT2D eigenvalue weighted by atomic mass is 35.5. The van der Waals surface area contributed by atoms with Crippen LogP contribution in [-0.2, 0) is 13.0 Å². The first-order valence-corrected chi connectivity index (χ1v) is 5.45. The number of hydrogen-bond donors (Lipinski definition) is 1. The molecule has 2 aromatic heterocycles. The lowest BCUT2D eigenvalue weighted by molar-refractivity contribution is 0.760. The van der Waals surface area contributed by atoms with Crippen LogP contribution in [0.5, 0.6) is 0 Å². The summed E-state index contributed by atoms with van der Waals surface area (Å²) in [6, 6.07) is 6.09. The molecule has 0 aromatic carbocycles. The molecular formula is C11H14ClN3. The smallest absolute Gasteiger partial charge is 0.155 e. The summed E-state index contributed by atoms with van der Waals surface area (Å²) >= 11 is 6.08. The molecule has 0 bridgehead atoms. The Morgan fingerprint density at radius 2 is 2.27 bits per heavy atom. The predicted molar refractivity (Wildman–Crippen MR) is 62.3 cm³/mol. The molecule has 0 aliphatic heterocycles. The lowest BCUT2D eigenvalue weighted by atomic mass is 10.3. The van der Waals surface area contributed by atoms with Crippen LogP contribution < -0.4 is 5.32 Å². The molecule has 0 aliphatic rings. The second-order valence-electron chi connectivity index (χ2n) is 3.44. The largest absolute Gasteiger partial charge is 0.314 e. The van der Waals surface area contributed by atoms with Crippen LogP contribution in [0.3, 0.4) is 0 Å². The van der Waals surface area contributed by atoms with E-state index >= 15 is 0 Å². The van der Waals surface area contributed by atoms with Gasteiger partial charge in [-0.25, -0.2) is 4.98 Å². The number of imidazole rings is 1. The van der Waals surface area contributed by atoms with Crippen molar-refractivity contribution in [1.82, 2.24) is 14.7 Å². The molecule has 0 spiro atoms. The van der Waals surface area contributed by atoms with Gasteiger partial charge in [0.1, 0.15) is 5.82 Å². The highest BCUT2D eigenvalue weighted by molar-refractivity contribution is 6.32. The number of rotatable bonds is 3. The van der Waals surface area contributed by atoms with Gasteiger partial charge >= 0.3 is 0 Å². The number of fused-ring (bicyclic) bond motifs is 1. The average Bonchev–Trinajstić information content (AvgIpc) is 2.58. The second-order valence-corrected chi connectivity index (χ2v) is 3.80. The molecule has 0 radical (unpaired) electrons. The third-order valence-electron chi connectivity index (χ3n) is 2.44. The van der Waals surface area contributed by atoms with Crippen LogP contribution in [0.4, 0.5) is 0 Å². The molecule has 0 fully saturated rings. The van der Waals surface area contributed by atoms with Crippen LogP contribution in [0.25, 0.3) is 5.52 Å². The van der Waals surface area contributed by atoms with E-state index in [-0.39, 0.29) is 0 Å². The summed E-state index contributed by atoms with van der Waals surface area (Å²) in [5, 5.41) is 3.73. The van der Waals surface area contributed by atoms with Gasteiger partial charge in [0, 0.05) is 18.7 Å². The lowest BCUT2D eigenvalue weighted by Gasteiger charge is -2.06. The normalized spacial score (nSPS) is 11.1. The Morgan fingerprint density at radius 1 is 1.47 bits per heavy atom. The van der Waals surface area contributed by atoms with E-state index in [0.29, 0.717) is 5.15 Å². The zero-order valence-corrected chi connectivity index (χ0v) is 9.67. The van der Waals surface area contributed by atoms with Gasteiger partial charge in [0.2, 0.25) is 0 Å². The van der Waals surface area contributed by atoms with E-state index in [2.05, 4.69) is 27.7 Å². The maximum absolute atomic E-state index is 6.08. The molecule has 0 amide bonds. The predicted octanol–water partition coefficient (Wildman–Crippen LogP) is 2.27. The molecular weight excluding hydrogens is 210 g/mol. The average molecular weight is 224 g/mol. The number of hydrogen-bond acceptors (Lipinski definition) is 2. The highest BCUT2D eigenvalue weighted by Crippen LogP contribution is 2.20. The standard InChI is InChI=1S/C11H14ClN3/c1-3-10-14-11(12)9-6-4-5-8(7-13-2)15(9)10/h4-6,13H,3,7H2,1-2H3. The van der Waals surface area contributed by atoms with E-state index < -0.39 is 0 Å². The Hall–Kier alpha value is -1.06. The Labute approximate surface area is 94.1 Å². The van der Waals surface area contributed by atoms with E-state index in [1.807, 2.05) is 19.2 Å². The number of halogens is 1. The quantitative estimate of drug-likeness (QED) is 0.865.